The SMILES string of the molecule is CCc1[nH]c(=O)ccc1C(=O)NC(CCn1cncn1)c1ccccc1. The van der Waals surface area contributed by atoms with Gasteiger partial charge < -0.3 is 10.3 Å². The Morgan fingerprint density at radius 3 is 2.73 bits per heavy atom. The molecule has 0 spiro atoms. The van der Waals surface area contributed by atoms with Crippen molar-refractivity contribution in [2.75, 3.05) is 0 Å². The van der Waals surface area contributed by atoms with Crippen molar-refractivity contribution in [3.05, 3.63) is 82.3 Å². The highest BCUT2D eigenvalue weighted by molar-refractivity contribution is 5.95. The number of H-pyrrole nitrogens is 1. The molecule has 2 heterocycles. The Morgan fingerprint density at radius 1 is 1.23 bits per heavy atom. The van der Waals surface area contributed by atoms with Crippen LogP contribution in [-0.2, 0) is 13.0 Å². The molecule has 0 saturated carbocycles. The number of pyridine rings is 1. The molecule has 2 N–H and O–H groups in total. The molecule has 3 aromatic rings. The highest BCUT2D eigenvalue weighted by atomic mass is 16.2. The molecule has 2 aromatic heterocycles. The zero-order valence-electron chi connectivity index (χ0n) is 14.6. The topological polar surface area (TPSA) is 92.7 Å². The fourth-order valence-corrected chi connectivity index (χ4v) is 2.86. The van der Waals surface area contributed by atoms with Gasteiger partial charge in [-0.25, -0.2) is 4.98 Å². The minimum absolute atomic E-state index is 0.176. The number of carbonyl (C=O) groups excluding carboxylic acids is 1. The zero-order valence-corrected chi connectivity index (χ0v) is 14.6. The van der Waals surface area contributed by atoms with Crippen molar-refractivity contribution in [2.45, 2.75) is 32.4 Å². The molecule has 3 rings (SSSR count). The van der Waals surface area contributed by atoms with Crippen LogP contribution in [0.1, 0.15) is 41.0 Å². The van der Waals surface area contributed by atoms with Crippen molar-refractivity contribution in [1.82, 2.24) is 25.1 Å². The van der Waals surface area contributed by atoms with Crippen LogP contribution in [0.5, 0.6) is 0 Å². The Labute approximate surface area is 151 Å². The molecule has 1 aromatic carbocycles. The first-order valence-electron chi connectivity index (χ1n) is 8.57. The third-order valence-electron chi connectivity index (χ3n) is 4.22. The third-order valence-corrected chi connectivity index (χ3v) is 4.22. The molecule has 0 bridgehead atoms. The number of aromatic amines is 1. The summed E-state index contributed by atoms with van der Waals surface area (Å²) < 4.78 is 1.74. The van der Waals surface area contributed by atoms with E-state index in [2.05, 4.69) is 20.4 Å². The van der Waals surface area contributed by atoms with Crippen LogP contribution in [0.15, 0.2) is 59.9 Å². The molecule has 0 aliphatic rings. The van der Waals surface area contributed by atoms with E-state index in [9.17, 15) is 9.59 Å². The van der Waals surface area contributed by atoms with E-state index < -0.39 is 0 Å². The van der Waals surface area contributed by atoms with Crippen molar-refractivity contribution in [3.8, 4) is 0 Å². The molecule has 7 heteroatoms. The number of hydrogen-bond donors (Lipinski definition) is 2. The van der Waals surface area contributed by atoms with Crippen molar-refractivity contribution in [1.29, 1.82) is 0 Å². The Morgan fingerprint density at radius 2 is 2.04 bits per heavy atom. The molecule has 0 saturated heterocycles. The van der Waals surface area contributed by atoms with E-state index in [-0.39, 0.29) is 17.5 Å². The summed E-state index contributed by atoms with van der Waals surface area (Å²) in [6.07, 6.45) is 4.39. The van der Waals surface area contributed by atoms with Gasteiger partial charge in [0, 0.05) is 18.3 Å². The number of hydrogen-bond acceptors (Lipinski definition) is 4. The fraction of sp³-hybridized carbons (Fsp3) is 0.263. The van der Waals surface area contributed by atoms with Crippen molar-refractivity contribution >= 4 is 5.91 Å². The smallest absolute Gasteiger partial charge is 0.253 e. The van der Waals surface area contributed by atoms with Gasteiger partial charge in [0.2, 0.25) is 5.56 Å². The minimum Gasteiger partial charge on any atom is -0.345 e. The molecule has 1 atom stereocenters. The quantitative estimate of drug-likeness (QED) is 0.682. The summed E-state index contributed by atoms with van der Waals surface area (Å²) in [6, 6.07) is 12.6. The van der Waals surface area contributed by atoms with Crippen LogP contribution in [0.2, 0.25) is 0 Å². The van der Waals surface area contributed by atoms with Gasteiger partial charge in [0.05, 0.1) is 11.6 Å². The number of aryl methyl sites for hydroxylation is 2. The molecule has 1 unspecified atom stereocenters. The second-order valence-corrected chi connectivity index (χ2v) is 5.95. The summed E-state index contributed by atoms with van der Waals surface area (Å²) >= 11 is 0. The number of benzene rings is 1. The molecular formula is C19H21N5O2. The van der Waals surface area contributed by atoms with E-state index in [0.717, 1.165) is 5.56 Å². The van der Waals surface area contributed by atoms with Crippen molar-refractivity contribution in [3.63, 3.8) is 0 Å². The van der Waals surface area contributed by atoms with Crippen LogP contribution in [0.4, 0.5) is 0 Å². The highest BCUT2D eigenvalue weighted by Crippen LogP contribution is 2.18. The molecule has 7 nitrogen and oxygen atoms in total. The van der Waals surface area contributed by atoms with Gasteiger partial charge in [-0.2, -0.15) is 5.10 Å². The molecule has 26 heavy (non-hydrogen) atoms. The normalized spacial score (nSPS) is 11.9. The summed E-state index contributed by atoms with van der Waals surface area (Å²) in [5, 5.41) is 7.19. The molecule has 0 radical (unpaired) electrons. The van der Waals surface area contributed by atoms with Gasteiger partial charge in [-0.15, -0.1) is 0 Å². The monoisotopic (exact) mass is 351 g/mol. The van der Waals surface area contributed by atoms with Gasteiger partial charge in [-0.1, -0.05) is 37.3 Å². The van der Waals surface area contributed by atoms with Crippen molar-refractivity contribution in [2.24, 2.45) is 0 Å². The molecule has 0 aliphatic heterocycles. The summed E-state index contributed by atoms with van der Waals surface area (Å²) in [6.45, 7) is 2.54. The molecule has 1 amide bonds. The molecule has 0 fully saturated rings. The van der Waals surface area contributed by atoms with Crippen LogP contribution < -0.4 is 10.9 Å². The lowest BCUT2D eigenvalue weighted by Gasteiger charge is -2.20. The maximum atomic E-state index is 12.8. The van der Waals surface area contributed by atoms with E-state index >= 15 is 0 Å². The van der Waals surface area contributed by atoms with Crippen LogP contribution >= 0.6 is 0 Å². The Hall–Kier alpha value is -3.22. The van der Waals surface area contributed by atoms with E-state index in [1.807, 2.05) is 37.3 Å². The maximum Gasteiger partial charge on any atom is 0.253 e. The Balaban J connectivity index is 1.80. The summed E-state index contributed by atoms with van der Waals surface area (Å²) in [5.41, 5.74) is 1.94. The van der Waals surface area contributed by atoms with E-state index in [1.165, 1.54) is 12.4 Å². The van der Waals surface area contributed by atoms with Crippen LogP contribution in [0.3, 0.4) is 0 Å². The first-order valence-corrected chi connectivity index (χ1v) is 8.57. The molecule has 0 aliphatic carbocycles. The average molecular weight is 351 g/mol. The number of nitrogens with one attached hydrogen (secondary N) is 2. The van der Waals surface area contributed by atoms with Gasteiger partial charge in [0.25, 0.3) is 5.91 Å². The highest BCUT2D eigenvalue weighted by Gasteiger charge is 2.18. The zero-order chi connectivity index (χ0) is 18.4. The van der Waals surface area contributed by atoms with Crippen molar-refractivity contribution < 1.29 is 4.79 Å². The summed E-state index contributed by atoms with van der Waals surface area (Å²) in [7, 11) is 0. The number of rotatable bonds is 7. The number of amides is 1. The number of aromatic nitrogens is 4. The molecule has 134 valence electrons. The van der Waals surface area contributed by atoms with Crippen LogP contribution in [0.25, 0.3) is 0 Å². The maximum absolute atomic E-state index is 12.8. The van der Waals surface area contributed by atoms with Crippen LogP contribution in [-0.4, -0.2) is 25.7 Å². The minimum atomic E-state index is -0.204. The first-order chi connectivity index (χ1) is 12.7. The third kappa shape index (κ3) is 4.24. The molecular weight excluding hydrogens is 330 g/mol. The van der Waals surface area contributed by atoms with Gasteiger partial charge in [-0.05, 0) is 24.5 Å². The largest absolute Gasteiger partial charge is 0.345 e. The lowest BCUT2D eigenvalue weighted by atomic mass is 10.0. The van der Waals surface area contributed by atoms with Gasteiger partial charge in [0.15, 0.2) is 0 Å². The van der Waals surface area contributed by atoms with Gasteiger partial charge in [-0.3, -0.25) is 14.3 Å². The second-order valence-electron chi connectivity index (χ2n) is 5.95. The number of nitrogens with zero attached hydrogens (tertiary/aromatic N) is 3. The lowest BCUT2D eigenvalue weighted by Crippen LogP contribution is -2.31. The van der Waals surface area contributed by atoms with E-state index in [0.29, 0.717) is 30.6 Å². The van der Waals surface area contributed by atoms with E-state index in [1.54, 1.807) is 17.1 Å². The van der Waals surface area contributed by atoms with Gasteiger partial charge in [0.1, 0.15) is 12.7 Å². The predicted octanol–water partition coefficient (Wildman–Crippen LogP) is 2.09. The summed E-state index contributed by atoms with van der Waals surface area (Å²) in [4.78, 5) is 31.0. The van der Waals surface area contributed by atoms with Gasteiger partial charge >= 0.3 is 0 Å². The van der Waals surface area contributed by atoms with E-state index in [4.69, 9.17) is 0 Å². The predicted molar refractivity (Wildman–Crippen MR) is 97.7 cm³/mol. The second kappa shape index (κ2) is 8.24. The Kier molecular flexibility index (Phi) is 5.58. The average Bonchev–Trinajstić information content (AvgIpc) is 3.19. The van der Waals surface area contributed by atoms with Crippen LogP contribution in [0, 0.1) is 0 Å². The summed E-state index contributed by atoms with van der Waals surface area (Å²) in [5.74, 6) is -0.203. The fourth-order valence-electron chi connectivity index (χ4n) is 2.86. The lowest BCUT2D eigenvalue weighted by molar-refractivity contribution is 0.0932. The standard InChI is InChI=1S/C19H21N5O2/c1-2-16-15(8-9-18(25)22-16)19(26)23-17(14-6-4-3-5-7-14)10-11-24-13-20-12-21-24/h3-9,12-13,17H,2,10-11H2,1H3,(H,22,25)(H,23,26). The first kappa shape index (κ1) is 17.6. The number of carbonyl (C=O) groups is 1. The Bertz CT molecular complexity index is 903.